The number of benzene rings is 2. The Balaban J connectivity index is 1.66. The fraction of sp³-hybridized carbons (Fsp3) is 0.227. The number of halogens is 1. The molecular formula is C22H20FN3O4S2. The number of rotatable bonds is 7. The highest BCUT2D eigenvalue weighted by atomic mass is 32.2. The van der Waals surface area contributed by atoms with Crippen LogP contribution in [0.25, 0.3) is 5.69 Å². The summed E-state index contributed by atoms with van der Waals surface area (Å²) in [5.41, 5.74) is 1.19. The van der Waals surface area contributed by atoms with E-state index in [0.717, 1.165) is 23.2 Å². The van der Waals surface area contributed by atoms with Crippen molar-refractivity contribution in [1.29, 1.82) is 0 Å². The number of aryl methyl sites for hydroxylation is 1. The zero-order valence-electron chi connectivity index (χ0n) is 17.4. The van der Waals surface area contributed by atoms with Crippen molar-refractivity contribution < 1.29 is 18.7 Å². The highest BCUT2D eigenvalue weighted by Crippen LogP contribution is 2.33. The van der Waals surface area contributed by atoms with Gasteiger partial charge in [0, 0.05) is 18.2 Å². The summed E-state index contributed by atoms with van der Waals surface area (Å²) >= 11 is 2.59. The lowest BCUT2D eigenvalue weighted by molar-refractivity contribution is -0.113. The van der Waals surface area contributed by atoms with Gasteiger partial charge in [0.2, 0.25) is 5.91 Å². The van der Waals surface area contributed by atoms with Gasteiger partial charge in [-0.2, -0.15) is 0 Å². The molecule has 7 nitrogen and oxygen atoms in total. The number of carbonyl (C=O) groups excluding carboxylic acids is 1. The molecule has 3 aromatic rings. The van der Waals surface area contributed by atoms with E-state index in [1.807, 2.05) is 0 Å². The van der Waals surface area contributed by atoms with Crippen molar-refractivity contribution in [3.05, 3.63) is 64.3 Å². The first-order valence-corrected chi connectivity index (χ1v) is 11.7. The molecule has 0 saturated carbocycles. The van der Waals surface area contributed by atoms with E-state index in [1.54, 1.807) is 30.3 Å². The molecule has 0 atom stereocenters. The topological polar surface area (TPSA) is 82.5 Å². The Hall–Kier alpha value is -2.98. The number of nitrogens with zero attached hydrogens (tertiary/aromatic N) is 2. The maximum Gasteiger partial charge on any atom is 0.272 e. The molecular weight excluding hydrogens is 453 g/mol. The van der Waals surface area contributed by atoms with Crippen LogP contribution in [0.4, 0.5) is 10.1 Å². The first-order chi connectivity index (χ1) is 15.5. The summed E-state index contributed by atoms with van der Waals surface area (Å²) in [5.74, 6) is 0.833. The maximum absolute atomic E-state index is 13.8. The lowest BCUT2D eigenvalue weighted by Crippen LogP contribution is -2.24. The zero-order chi connectivity index (χ0) is 22.7. The van der Waals surface area contributed by atoms with Gasteiger partial charge in [-0.3, -0.25) is 14.2 Å². The van der Waals surface area contributed by atoms with E-state index < -0.39 is 11.7 Å². The number of carbonyl (C=O) groups is 1. The van der Waals surface area contributed by atoms with Crippen molar-refractivity contribution in [1.82, 2.24) is 9.55 Å². The van der Waals surface area contributed by atoms with E-state index in [4.69, 9.17) is 9.47 Å². The first kappa shape index (κ1) is 22.2. The predicted octanol–water partition coefficient (Wildman–Crippen LogP) is 3.77. The van der Waals surface area contributed by atoms with E-state index >= 15 is 0 Å². The van der Waals surface area contributed by atoms with Gasteiger partial charge in [0.05, 0.1) is 41.9 Å². The van der Waals surface area contributed by atoms with E-state index in [2.05, 4.69) is 10.3 Å². The van der Waals surface area contributed by atoms with Crippen molar-refractivity contribution in [2.75, 3.05) is 31.0 Å². The van der Waals surface area contributed by atoms with Gasteiger partial charge in [0.25, 0.3) is 5.56 Å². The number of nitrogens with one attached hydrogen (secondary N) is 1. The number of fused-ring (bicyclic) bond motifs is 1. The monoisotopic (exact) mass is 473 g/mol. The molecule has 2 heterocycles. The molecule has 0 unspecified atom stereocenters. The fourth-order valence-corrected chi connectivity index (χ4v) is 5.11. The van der Waals surface area contributed by atoms with Crippen LogP contribution < -0.4 is 20.3 Å². The van der Waals surface area contributed by atoms with Crippen molar-refractivity contribution in [3.63, 3.8) is 0 Å². The Morgan fingerprint density at radius 1 is 1.22 bits per heavy atom. The SMILES string of the molecule is COc1ccc(-n2c(SCC(=O)Nc3ccccc3F)nc3c(c2=O)SCC3)cc1OC. The molecule has 1 N–H and O–H groups in total. The van der Waals surface area contributed by atoms with Crippen molar-refractivity contribution >= 4 is 35.1 Å². The van der Waals surface area contributed by atoms with Crippen LogP contribution in [0.1, 0.15) is 5.69 Å². The number of ether oxygens (including phenoxy) is 2. The molecule has 4 rings (SSSR count). The number of methoxy groups -OCH3 is 2. The number of anilines is 1. The maximum atomic E-state index is 13.8. The average Bonchev–Trinajstić information content (AvgIpc) is 3.28. The minimum atomic E-state index is -0.513. The lowest BCUT2D eigenvalue weighted by atomic mass is 10.2. The molecule has 0 saturated heterocycles. The van der Waals surface area contributed by atoms with E-state index in [9.17, 15) is 14.0 Å². The second-order valence-corrected chi connectivity index (χ2v) is 8.81. The van der Waals surface area contributed by atoms with Crippen molar-refractivity contribution in [2.45, 2.75) is 16.5 Å². The number of thioether (sulfide) groups is 2. The number of aromatic nitrogens is 2. The highest BCUT2D eigenvalue weighted by Gasteiger charge is 2.23. The number of hydrogen-bond donors (Lipinski definition) is 1. The second kappa shape index (κ2) is 9.66. The van der Waals surface area contributed by atoms with Crippen LogP contribution in [0.5, 0.6) is 11.5 Å². The Labute approximate surface area is 192 Å². The summed E-state index contributed by atoms with van der Waals surface area (Å²) in [6.07, 6.45) is 0.691. The fourth-order valence-electron chi connectivity index (χ4n) is 3.26. The average molecular weight is 474 g/mol. The lowest BCUT2D eigenvalue weighted by Gasteiger charge is -2.15. The molecule has 1 amide bonds. The summed E-state index contributed by atoms with van der Waals surface area (Å²) in [6, 6.07) is 11.1. The van der Waals surface area contributed by atoms with Crippen LogP contribution in [-0.2, 0) is 11.2 Å². The van der Waals surface area contributed by atoms with Crippen molar-refractivity contribution in [2.24, 2.45) is 0 Å². The summed E-state index contributed by atoms with van der Waals surface area (Å²) < 4.78 is 26.0. The molecule has 2 aromatic carbocycles. The predicted molar refractivity (Wildman–Crippen MR) is 123 cm³/mol. The molecule has 1 aliphatic rings. The Bertz CT molecular complexity index is 1230. The van der Waals surface area contributed by atoms with Crippen LogP contribution in [0, 0.1) is 5.82 Å². The van der Waals surface area contributed by atoms with Gasteiger partial charge in [-0.1, -0.05) is 23.9 Å². The smallest absolute Gasteiger partial charge is 0.272 e. The van der Waals surface area contributed by atoms with Crippen LogP contribution in [0.2, 0.25) is 0 Å². The van der Waals surface area contributed by atoms with Gasteiger partial charge in [0.1, 0.15) is 5.82 Å². The third-order valence-electron chi connectivity index (χ3n) is 4.77. The Morgan fingerprint density at radius 2 is 2.00 bits per heavy atom. The molecule has 0 fully saturated rings. The van der Waals surface area contributed by atoms with Gasteiger partial charge < -0.3 is 14.8 Å². The first-order valence-electron chi connectivity index (χ1n) is 9.70. The molecule has 166 valence electrons. The quantitative estimate of drug-likeness (QED) is 0.413. The largest absolute Gasteiger partial charge is 0.493 e. The second-order valence-electron chi connectivity index (χ2n) is 6.77. The summed E-state index contributed by atoms with van der Waals surface area (Å²) in [7, 11) is 3.05. The minimum absolute atomic E-state index is 0.0417. The van der Waals surface area contributed by atoms with Gasteiger partial charge in [-0.25, -0.2) is 9.37 Å². The molecule has 1 aromatic heterocycles. The standard InChI is InChI=1S/C22H20FN3O4S2/c1-29-17-8-7-13(11-18(17)30-2)26-21(28)20-16(9-10-31-20)25-22(26)32-12-19(27)24-15-6-4-3-5-14(15)23/h3-8,11H,9-10,12H2,1-2H3,(H,24,27). The number of amides is 1. The van der Waals surface area contributed by atoms with E-state index in [1.165, 1.54) is 42.7 Å². The molecule has 10 heteroatoms. The van der Waals surface area contributed by atoms with Gasteiger partial charge in [-0.05, 0) is 24.3 Å². The van der Waals surface area contributed by atoms with Gasteiger partial charge >= 0.3 is 0 Å². The number of hydrogen-bond acceptors (Lipinski definition) is 7. The van der Waals surface area contributed by atoms with Crippen LogP contribution in [0.3, 0.4) is 0 Å². The van der Waals surface area contributed by atoms with Gasteiger partial charge in [-0.15, -0.1) is 11.8 Å². The Morgan fingerprint density at radius 3 is 2.75 bits per heavy atom. The molecule has 0 bridgehead atoms. The molecule has 1 aliphatic heterocycles. The number of para-hydroxylation sites is 1. The molecule has 0 aliphatic carbocycles. The molecule has 0 spiro atoms. The highest BCUT2D eigenvalue weighted by molar-refractivity contribution is 8.00. The van der Waals surface area contributed by atoms with Gasteiger partial charge in [0.15, 0.2) is 16.7 Å². The van der Waals surface area contributed by atoms with Crippen LogP contribution in [0.15, 0.2) is 57.3 Å². The summed E-state index contributed by atoms with van der Waals surface area (Å²) in [4.78, 5) is 31.0. The van der Waals surface area contributed by atoms with Crippen LogP contribution in [-0.4, -0.2) is 41.2 Å². The Kier molecular flexibility index (Phi) is 6.71. The molecule has 0 radical (unpaired) electrons. The minimum Gasteiger partial charge on any atom is -0.493 e. The zero-order valence-corrected chi connectivity index (χ0v) is 19.0. The van der Waals surface area contributed by atoms with Crippen molar-refractivity contribution in [3.8, 4) is 17.2 Å². The summed E-state index contributed by atoms with van der Waals surface area (Å²) in [6.45, 7) is 0. The normalized spacial score (nSPS) is 12.3. The van der Waals surface area contributed by atoms with E-state index in [-0.39, 0.29) is 17.0 Å². The van der Waals surface area contributed by atoms with E-state index in [0.29, 0.717) is 33.7 Å². The van der Waals surface area contributed by atoms with Crippen LogP contribution >= 0.6 is 23.5 Å². The third kappa shape index (κ3) is 4.46. The third-order valence-corrected chi connectivity index (χ3v) is 6.82. The summed E-state index contributed by atoms with van der Waals surface area (Å²) in [5, 5.41) is 2.93. The molecule has 32 heavy (non-hydrogen) atoms.